The lowest BCUT2D eigenvalue weighted by atomic mass is 10.1. The van der Waals surface area contributed by atoms with Crippen LogP contribution >= 0.6 is 23.1 Å². The van der Waals surface area contributed by atoms with Gasteiger partial charge >= 0.3 is 0 Å². The van der Waals surface area contributed by atoms with Gasteiger partial charge in [0.25, 0.3) is 0 Å². The molecule has 1 N–H and O–H groups in total. The van der Waals surface area contributed by atoms with E-state index < -0.39 is 0 Å². The Bertz CT molecular complexity index is 416. The Morgan fingerprint density at radius 1 is 1.20 bits per heavy atom. The second-order valence-corrected chi connectivity index (χ2v) is 9.89. The average Bonchev–Trinajstić information content (AvgIpc) is 2.65. The first kappa shape index (κ1) is 18.0. The molecule has 3 nitrogen and oxygen atoms in total. The Labute approximate surface area is 131 Å². The van der Waals surface area contributed by atoms with Crippen LogP contribution in [0.3, 0.4) is 0 Å². The highest BCUT2D eigenvalue weighted by Crippen LogP contribution is 2.30. The van der Waals surface area contributed by atoms with Gasteiger partial charge in [-0.05, 0) is 20.8 Å². The molecule has 0 aliphatic rings. The van der Waals surface area contributed by atoms with Crippen molar-refractivity contribution in [1.82, 2.24) is 10.3 Å². The summed E-state index contributed by atoms with van der Waals surface area (Å²) in [7, 11) is 1.73. The first-order valence-corrected chi connectivity index (χ1v) is 8.76. The molecule has 0 saturated carbocycles. The average molecular weight is 317 g/mol. The number of methoxy groups -OCH3 is 1. The van der Waals surface area contributed by atoms with E-state index in [2.05, 4.69) is 46.9 Å². The fourth-order valence-electron chi connectivity index (χ4n) is 1.51. The van der Waals surface area contributed by atoms with Gasteiger partial charge in [-0.2, -0.15) is 0 Å². The van der Waals surface area contributed by atoms with Crippen molar-refractivity contribution in [1.29, 1.82) is 0 Å². The molecule has 5 heteroatoms. The van der Waals surface area contributed by atoms with Crippen molar-refractivity contribution in [3.05, 3.63) is 15.6 Å². The van der Waals surface area contributed by atoms with E-state index in [9.17, 15) is 0 Å². The van der Waals surface area contributed by atoms with Crippen LogP contribution in [0, 0.1) is 0 Å². The van der Waals surface area contributed by atoms with Crippen LogP contribution < -0.4 is 5.32 Å². The minimum Gasteiger partial charge on any atom is -0.378 e. The topological polar surface area (TPSA) is 34.1 Å². The maximum absolute atomic E-state index is 5.27. The molecule has 1 heterocycles. The lowest BCUT2D eigenvalue weighted by Gasteiger charge is -2.20. The Hall–Kier alpha value is -0.100. The van der Waals surface area contributed by atoms with E-state index in [0.29, 0.717) is 6.61 Å². The maximum Gasteiger partial charge on any atom is 0.103 e. The van der Waals surface area contributed by atoms with Crippen molar-refractivity contribution in [3.63, 3.8) is 0 Å². The summed E-state index contributed by atoms with van der Waals surface area (Å²) in [5, 5.41) is 4.73. The molecule has 0 atom stereocenters. The predicted molar refractivity (Wildman–Crippen MR) is 90.5 cm³/mol. The molecule has 1 aromatic heterocycles. The predicted octanol–water partition coefficient (Wildman–Crippen LogP) is 4.21. The Balaban J connectivity index is 2.74. The SMILES string of the molecule is COCc1nc(CSC(C)(C)C)sc1CNC(C)(C)C. The monoisotopic (exact) mass is 316 g/mol. The number of nitrogens with one attached hydrogen (secondary N) is 1. The van der Waals surface area contributed by atoms with Crippen LogP contribution in [0.5, 0.6) is 0 Å². The number of ether oxygens (including phenoxy) is 1. The molecule has 0 radical (unpaired) electrons. The summed E-state index contributed by atoms with van der Waals surface area (Å²) >= 11 is 3.74. The summed E-state index contributed by atoms with van der Waals surface area (Å²) < 4.78 is 5.54. The van der Waals surface area contributed by atoms with Gasteiger partial charge in [0.15, 0.2) is 0 Å². The third-order valence-electron chi connectivity index (χ3n) is 2.51. The van der Waals surface area contributed by atoms with Gasteiger partial charge in [0, 0.05) is 34.6 Å². The molecule has 20 heavy (non-hydrogen) atoms. The molecule has 1 rings (SSSR count). The number of aromatic nitrogens is 1. The summed E-state index contributed by atoms with van der Waals surface area (Å²) in [6.45, 7) is 14.7. The normalized spacial score (nSPS) is 12.9. The van der Waals surface area contributed by atoms with Crippen LogP contribution in [0.25, 0.3) is 0 Å². The van der Waals surface area contributed by atoms with Crippen molar-refractivity contribution in [2.45, 2.75) is 70.7 Å². The van der Waals surface area contributed by atoms with Gasteiger partial charge in [0.1, 0.15) is 5.01 Å². The van der Waals surface area contributed by atoms with Gasteiger partial charge < -0.3 is 10.1 Å². The smallest absolute Gasteiger partial charge is 0.103 e. The molecule has 0 unspecified atom stereocenters. The summed E-state index contributed by atoms with van der Waals surface area (Å²) in [4.78, 5) is 6.03. The summed E-state index contributed by atoms with van der Waals surface area (Å²) in [5.41, 5.74) is 1.20. The molecule has 116 valence electrons. The Morgan fingerprint density at radius 3 is 2.35 bits per heavy atom. The minimum absolute atomic E-state index is 0.120. The molecule has 0 aromatic carbocycles. The van der Waals surface area contributed by atoms with Crippen molar-refractivity contribution in [2.75, 3.05) is 7.11 Å². The zero-order valence-corrected chi connectivity index (χ0v) is 15.4. The van der Waals surface area contributed by atoms with E-state index in [1.54, 1.807) is 18.4 Å². The Morgan fingerprint density at radius 2 is 1.85 bits per heavy atom. The molecule has 0 aliphatic carbocycles. The van der Waals surface area contributed by atoms with Crippen molar-refractivity contribution in [3.8, 4) is 0 Å². The summed E-state index contributed by atoms with van der Waals surface area (Å²) in [6, 6.07) is 0. The number of hydrogen-bond acceptors (Lipinski definition) is 5. The first-order valence-electron chi connectivity index (χ1n) is 6.96. The van der Waals surface area contributed by atoms with Gasteiger partial charge in [-0.25, -0.2) is 4.98 Å². The van der Waals surface area contributed by atoms with Crippen LogP contribution in [0.4, 0.5) is 0 Å². The third kappa shape index (κ3) is 7.07. The molecule has 0 amide bonds. The second-order valence-electron chi connectivity index (χ2n) is 6.92. The van der Waals surface area contributed by atoms with Crippen molar-refractivity contribution in [2.24, 2.45) is 0 Å². The van der Waals surface area contributed by atoms with E-state index in [4.69, 9.17) is 9.72 Å². The van der Waals surface area contributed by atoms with Crippen LogP contribution in [0.2, 0.25) is 0 Å². The van der Waals surface area contributed by atoms with Crippen molar-refractivity contribution >= 4 is 23.1 Å². The first-order chi connectivity index (χ1) is 9.11. The number of hydrogen-bond donors (Lipinski definition) is 1. The van der Waals surface area contributed by atoms with Gasteiger partial charge in [-0.3, -0.25) is 0 Å². The van der Waals surface area contributed by atoms with Crippen molar-refractivity contribution < 1.29 is 4.74 Å². The largest absolute Gasteiger partial charge is 0.378 e. The van der Waals surface area contributed by atoms with Crippen LogP contribution in [0.15, 0.2) is 0 Å². The fourth-order valence-corrected chi connectivity index (χ4v) is 3.35. The highest BCUT2D eigenvalue weighted by molar-refractivity contribution is 7.99. The third-order valence-corrected chi connectivity index (χ3v) is 5.08. The quantitative estimate of drug-likeness (QED) is 0.852. The molecule has 0 saturated heterocycles. The highest BCUT2D eigenvalue weighted by atomic mass is 32.2. The zero-order valence-electron chi connectivity index (χ0n) is 13.8. The molecular formula is C15H28N2OS2. The molecule has 0 aliphatic heterocycles. The molecule has 1 aromatic rings. The number of nitrogens with zero attached hydrogens (tertiary/aromatic N) is 1. The van der Waals surface area contributed by atoms with E-state index >= 15 is 0 Å². The fraction of sp³-hybridized carbons (Fsp3) is 0.800. The van der Waals surface area contributed by atoms with E-state index in [0.717, 1.165) is 18.0 Å². The lowest BCUT2D eigenvalue weighted by molar-refractivity contribution is 0.181. The minimum atomic E-state index is 0.120. The van der Waals surface area contributed by atoms with Gasteiger partial charge in [0.2, 0.25) is 0 Å². The lowest BCUT2D eigenvalue weighted by Crippen LogP contribution is -2.35. The van der Waals surface area contributed by atoms with E-state index in [1.165, 1.54) is 9.88 Å². The standard InChI is InChI=1S/C15H28N2OS2/c1-14(2,3)16-8-12-11(9-18-7)17-13(20-12)10-19-15(4,5)6/h16H,8-10H2,1-7H3. The molecular weight excluding hydrogens is 288 g/mol. The maximum atomic E-state index is 5.27. The van der Waals surface area contributed by atoms with E-state index in [1.807, 2.05) is 11.8 Å². The van der Waals surface area contributed by atoms with Crippen LogP contribution in [0.1, 0.15) is 57.1 Å². The van der Waals surface area contributed by atoms with E-state index in [-0.39, 0.29) is 10.3 Å². The highest BCUT2D eigenvalue weighted by Gasteiger charge is 2.17. The number of thioether (sulfide) groups is 1. The number of rotatable bonds is 6. The molecule has 0 fully saturated rings. The summed E-state index contributed by atoms with van der Waals surface area (Å²) in [6.07, 6.45) is 0. The van der Waals surface area contributed by atoms with Crippen LogP contribution in [-0.2, 0) is 23.6 Å². The zero-order chi connectivity index (χ0) is 15.4. The van der Waals surface area contributed by atoms with Gasteiger partial charge in [0.05, 0.1) is 12.3 Å². The molecule has 0 spiro atoms. The number of thiazole rings is 1. The summed E-state index contributed by atoms with van der Waals surface area (Å²) in [5.74, 6) is 0.973. The Kier molecular flexibility index (Phi) is 6.51. The van der Waals surface area contributed by atoms with Crippen LogP contribution in [-0.4, -0.2) is 22.4 Å². The molecule has 0 bridgehead atoms. The second kappa shape index (κ2) is 7.25. The van der Waals surface area contributed by atoms with Gasteiger partial charge in [-0.1, -0.05) is 20.8 Å². The van der Waals surface area contributed by atoms with Gasteiger partial charge in [-0.15, -0.1) is 23.1 Å².